The van der Waals surface area contributed by atoms with Gasteiger partial charge in [0.2, 0.25) is 0 Å². The van der Waals surface area contributed by atoms with E-state index in [1.165, 1.54) is 30.6 Å². The molecule has 9 heteroatoms. The van der Waals surface area contributed by atoms with Gasteiger partial charge in [-0.2, -0.15) is 18.3 Å². The maximum Gasteiger partial charge on any atom is 0.391 e. The summed E-state index contributed by atoms with van der Waals surface area (Å²) in [6.07, 6.45) is -4.76. The van der Waals surface area contributed by atoms with Gasteiger partial charge < -0.3 is 5.11 Å². The minimum absolute atomic E-state index is 0.127. The number of para-hydroxylation sites is 1. The van der Waals surface area contributed by atoms with Crippen molar-refractivity contribution in [1.29, 1.82) is 0 Å². The summed E-state index contributed by atoms with van der Waals surface area (Å²) in [6, 6.07) is 5.97. The van der Waals surface area contributed by atoms with Crippen molar-refractivity contribution in [2.75, 3.05) is 0 Å². The molecule has 6 nitrogen and oxygen atoms in total. The molecule has 0 radical (unpaired) electrons. The van der Waals surface area contributed by atoms with E-state index in [1.54, 1.807) is 6.07 Å². The molecule has 1 N–H and O–H groups in total. The topological polar surface area (TPSA) is 81.2 Å². The zero-order valence-corrected chi connectivity index (χ0v) is 11.2. The number of hydrogen-bond donors (Lipinski definition) is 1. The highest BCUT2D eigenvalue weighted by Crippen LogP contribution is 2.29. The van der Waals surface area contributed by atoms with Gasteiger partial charge in [0.15, 0.2) is 0 Å². The Kier molecular flexibility index (Phi) is 4.45. The van der Waals surface area contributed by atoms with Gasteiger partial charge in [0.25, 0.3) is 5.69 Å². The molecule has 0 aliphatic carbocycles. The van der Waals surface area contributed by atoms with Crippen molar-refractivity contribution in [3.63, 3.8) is 0 Å². The predicted octanol–water partition coefficient (Wildman–Crippen LogP) is 2.77. The van der Waals surface area contributed by atoms with Crippen LogP contribution < -0.4 is 0 Å². The Morgan fingerprint density at radius 2 is 2.05 bits per heavy atom. The molecule has 0 unspecified atom stereocenters. The van der Waals surface area contributed by atoms with Crippen LogP contribution in [-0.4, -0.2) is 32.1 Å². The first-order chi connectivity index (χ1) is 10.3. The number of nitrogens with zero attached hydrogens (tertiary/aromatic N) is 3. The maximum absolute atomic E-state index is 12.2. The van der Waals surface area contributed by atoms with Crippen molar-refractivity contribution in [3.05, 3.63) is 46.8 Å². The first-order valence-corrected chi connectivity index (χ1v) is 6.27. The number of aliphatic hydroxyl groups excluding tert-OH is 1. The van der Waals surface area contributed by atoms with E-state index in [1.807, 2.05) is 0 Å². The largest absolute Gasteiger partial charge is 0.391 e. The molecule has 0 fully saturated rings. The van der Waals surface area contributed by atoms with Crippen molar-refractivity contribution in [2.24, 2.45) is 0 Å². The Hall–Kier alpha value is -2.42. The summed E-state index contributed by atoms with van der Waals surface area (Å²) in [4.78, 5) is 10.4. The summed E-state index contributed by atoms with van der Waals surface area (Å²) >= 11 is 0. The lowest BCUT2D eigenvalue weighted by atomic mass is 10.1. The second-order valence-corrected chi connectivity index (χ2v) is 4.70. The molecule has 1 heterocycles. The fourth-order valence-corrected chi connectivity index (χ4v) is 2.03. The molecule has 0 aliphatic heterocycles. The van der Waals surface area contributed by atoms with Gasteiger partial charge in [-0.1, -0.05) is 12.1 Å². The van der Waals surface area contributed by atoms with E-state index in [0.717, 1.165) is 4.68 Å². The Labute approximate surface area is 122 Å². The number of nitro benzene ring substituents is 1. The van der Waals surface area contributed by atoms with Crippen LogP contribution in [0.4, 0.5) is 18.9 Å². The minimum Gasteiger partial charge on any atom is -0.391 e. The molecule has 22 heavy (non-hydrogen) atoms. The van der Waals surface area contributed by atoms with E-state index in [9.17, 15) is 28.4 Å². The third kappa shape index (κ3) is 4.04. The number of benzene rings is 1. The quantitative estimate of drug-likeness (QED) is 0.679. The summed E-state index contributed by atoms with van der Waals surface area (Å²) < 4.78 is 37.6. The van der Waals surface area contributed by atoms with Crippen LogP contribution in [0.25, 0.3) is 11.1 Å². The Balaban J connectivity index is 2.17. The van der Waals surface area contributed by atoms with E-state index in [2.05, 4.69) is 5.10 Å². The van der Waals surface area contributed by atoms with Gasteiger partial charge >= 0.3 is 6.18 Å². The maximum atomic E-state index is 12.2. The fraction of sp³-hybridized carbons (Fsp3) is 0.308. The molecule has 0 bridgehead atoms. The lowest BCUT2D eigenvalue weighted by molar-refractivity contribution is -0.384. The number of nitro groups is 1. The first-order valence-electron chi connectivity index (χ1n) is 6.27. The van der Waals surface area contributed by atoms with Crippen molar-refractivity contribution in [2.45, 2.75) is 25.2 Å². The number of aliphatic hydroxyl groups is 1. The van der Waals surface area contributed by atoms with Crippen LogP contribution in [0.5, 0.6) is 0 Å². The molecule has 0 saturated carbocycles. The smallest absolute Gasteiger partial charge is 0.391 e. The average molecular weight is 315 g/mol. The molecule has 1 aromatic carbocycles. The van der Waals surface area contributed by atoms with Crippen LogP contribution in [0.15, 0.2) is 36.7 Å². The van der Waals surface area contributed by atoms with Crippen molar-refractivity contribution < 1.29 is 23.2 Å². The highest BCUT2D eigenvalue weighted by molar-refractivity contribution is 5.72. The Morgan fingerprint density at radius 1 is 1.36 bits per heavy atom. The van der Waals surface area contributed by atoms with E-state index in [0.29, 0.717) is 11.1 Å². The van der Waals surface area contributed by atoms with Gasteiger partial charge in [-0.3, -0.25) is 14.8 Å². The number of alkyl halides is 3. The van der Waals surface area contributed by atoms with E-state index in [-0.39, 0.29) is 12.2 Å². The molecule has 0 amide bonds. The number of halogens is 3. The second-order valence-electron chi connectivity index (χ2n) is 4.70. The third-order valence-electron chi connectivity index (χ3n) is 2.91. The summed E-state index contributed by atoms with van der Waals surface area (Å²) in [5.41, 5.74) is 0.577. The van der Waals surface area contributed by atoms with Crippen LogP contribution in [0, 0.1) is 10.1 Å². The predicted molar refractivity (Wildman–Crippen MR) is 71.0 cm³/mol. The second kappa shape index (κ2) is 6.14. The first kappa shape index (κ1) is 16.0. The van der Waals surface area contributed by atoms with Crippen LogP contribution in [0.1, 0.15) is 6.42 Å². The molecule has 0 spiro atoms. The zero-order valence-electron chi connectivity index (χ0n) is 11.2. The summed E-state index contributed by atoms with van der Waals surface area (Å²) in [7, 11) is 0. The van der Waals surface area contributed by atoms with Gasteiger partial charge in [-0.25, -0.2) is 0 Å². The molecule has 118 valence electrons. The highest BCUT2D eigenvalue weighted by Gasteiger charge is 2.31. The minimum atomic E-state index is -4.46. The highest BCUT2D eigenvalue weighted by atomic mass is 19.4. The van der Waals surface area contributed by atoms with Crippen LogP contribution in [-0.2, 0) is 6.54 Å². The standard InChI is InChI=1S/C13H12F3N3O3/c14-13(15,16)5-10(20)8-18-7-9(6-17-18)11-3-1-2-4-12(11)19(21)22/h1-4,6-7,10,20H,5,8H2/t10-/m1/s1. The third-order valence-corrected chi connectivity index (χ3v) is 2.91. The van der Waals surface area contributed by atoms with Gasteiger partial charge in [-0.15, -0.1) is 0 Å². The average Bonchev–Trinajstić information content (AvgIpc) is 2.84. The molecule has 2 rings (SSSR count). The van der Waals surface area contributed by atoms with Gasteiger partial charge in [-0.05, 0) is 6.07 Å². The molecular formula is C13H12F3N3O3. The van der Waals surface area contributed by atoms with E-state index < -0.39 is 23.6 Å². The fourth-order valence-electron chi connectivity index (χ4n) is 2.03. The van der Waals surface area contributed by atoms with Crippen molar-refractivity contribution >= 4 is 5.69 Å². The number of rotatable bonds is 5. The van der Waals surface area contributed by atoms with Gasteiger partial charge in [0.05, 0.1) is 35.8 Å². The monoisotopic (exact) mass is 315 g/mol. The summed E-state index contributed by atoms with van der Waals surface area (Å²) in [5, 5.41) is 24.2. The lowest BCUT2D eigenvalue weighted by Gasteiger charge is -2.12. The molecule has 0 aliphatic rings. The SMILES string of the molecule is O=[N+]([O-])c1ccccc1-c1cnn(C[C@H](O)CC(F)(F)F)c1. The van der Waals surface area contributed by atoms with Crippen LogP contribution in [0.2, 0.25) is 0 Å². The number of aromatic nitrogens is 2. The normalized spacial score (nSPS) is 13.1. The molecule has 2 aromatic rings. The zero-order chi connectivity index (χ0) is 16.3. The van der Waals surface area contributed by atoms with Gasteiger partial charge in [0.1, 0.15) is 0 Å². The molecular weight excluding hydrogens is 303 g/mol. The van der Waals surface area contributed by atoms with Crippen LogP contribution in [0.3, 0.4) is 0 Å². The Morgan fingerprint density at radius 3 is 2.68 bits per heavy atom. The van der Waals surface area contributed by atoms with Crippen molar-refractivity contribution in [1.82, 2.24) is 9.78 Å². The van der Waals surface area contributed by atoms with E-state index in [4.69, 9.17) is 0 Å². The number of hydrogen-bond acceptors (Lipinski definition) is 4. The molecule has 0 saturated heterocycles. The Bertz CT molecular complexity index is 670. The van der Waals surface area contributed by atoms with E-state index >= 15 is 0 Å². The lowest BCUT2D eigenvalue weighted by Crippen LogP contribution is -2.24. The molecule has 1 atom stereocenters. The molecule has 1 aromatic heterocycles. The summed E-state index contributed by atoms with van der Waals surface area (Å²) in [5.74, 6) is 0. The van der Waals surface area contributed by atoms with Crippen LogP contribution >= 0.6 is 0 Å². The summed E-state index contributed by atoms with van der Waals surface area (Å²) in [6.45, 7) is -0.347. The van der Waals surface area contributed by atoms with Gasteiger partial charge in [0, 0.05) is 17.8 Å². The van der Waals surface area contributed by atoms with Crippen molar-refractivity contribution in [3.8, 4) is 11.1 Å².